The van der Waals surface area contributed by atoms with E-state index in [1.54, 1.807) is 42.5 Å². The number of phenols is 1. The second-order valence-electron chi connectivity index (χ2n) is 9.50. The third kappa shape index (κ3) is 9.83. The lowest BCUT2D eigenvalue weighted by Gasteiger charge is -2.25. The first-order chi connectivity index (χ1) is 18.0. The Bertz CT molecular complexity index is 1080. The molecule has 4 atom stereocenters. The number of benzene rings is 2. The Balaban J connectivity index is 2.30. The molecular weight excluding hydrogens is 492 g/mol. The van der Waals surface area contributed by atoms with Crippen molar-refractivity contribution < 1.29 is 34.5 Å². The molecule has 206 valence electrons. The monoisotopic (exact) mass is 528 g/mol. The van der Waals surface area contributed by atoms with Gasteiger partial charge in [-0.3, -0.25) is 14.4 Å². The summed E-state index contributed by atoms with van der Waals surface area (Å²) in [5, 5.41) is 35.6. The fraction of sp³-hybridized carbons (Fsp3) is 0.407. The molecule has 0 aliphatic carbocycles. The molecule has 0 aromatic heterocycles. The van der Waals surface area contributed by atoms with E-state index in [0.29, 0.717) is 17.5 Å². The first-order valence-electron chi connectivity index (χ1n) is 12.3. The molecule has 0 fully saturated rings. The van der Waals surface area contributed by atoms with E-state index in [4.69, 9.17) is 5.73 Å². The summed E-state index contributed by atoms with van der Waals surface area (Å²) in [6.45, 7) is 3.00. The zero-order chi connectivity index (χ0) is 28.2. The Kier molecular flexibility index (Phi) is 11.7. The number of nitrogens with two attached hydrogens (primary N) is 1. The van der Waals surface area contributed by atoms with Gasteiger partial charge in [-0.15, -0.1) is 0 Å². The molecule has 0 aliphatic heterocycles. The molecule has 0 heterocycles. The SMILES string of the molecule is CC(C)CC(N)C(=O)NC(Cc1ccc(O)cc1)C(=O)NC(Cc1ccccc1)C(=O)NC(CO)C(=O)O. The molecule has 3 amide bonds. The Labute approximate surface area is 221 Å². The molecule has 2 rings (SSSR count). The lowest BCUT2D eigenvalue weighted by atomic mass is 10.0. The number of carboxylic acid groups (broad SMARTS) is 1. The quantitative estimate of drug-likeness (QED) is 0.179. The van der Waals surface area contributed by atoms with Crippen molar-refractivity contribution in [2.45, 2.75) is 57.3 Å². The Morgan fingerprint density at radius 3 is 1.71 bits per heavy atom. The van der Waals surface area contributed by atoms with E-state index in [9.17, 15) is 34.5 Å². The largest absolute Gasteiger partial charge is 0.508 e. The van der Waals surface area contributed by atoms with E-state index in [1.807, 2.05) is 13.8 Å². The molecular formula is C27H36N4O7. The van der Waals surface area contributed by atoms with Crippen LogP contribution in [0.25, 0.3) is 0 Å². The second kappa shape index (κ2) is 14.7. The molecule has 0 radical (unpaired) electrons. The topological polar surface area (TPSA) is 191 Å². The van der Waals surface area contributed by atoms with Crippen molar-refractivity contribution in [3.63, 3.8) is 0 Å². The highest BCUT2D eigenvalue weighted by atomic mass is 16.4. The summed E-state index contributed by atoms with van der Waals surface area (Å²) in [5.41, 5.74) is 7.34. The van der Waals surface area contributed by atoms with Crippen molar-refractivity contribution in [3.8, 4) is 5.75 Å². The van der Waals surface area contributed by atoms with Crippen molar-refractivity contribution in [3.05, 3.63) is 65.7 Å². The van der Waals surface area contributed by atoms with Crippen LogP contribution in [-0.2, 0) is 32.0 Å². The number of phenolic OH excluding ortho intramolecular Hbond substituents is 1. The minimum absolute atomic E-state index is 0.0307. The Hall–Kier alpha value is -3.96. The van der Waals surface area contributed by atoms with Crippen molar-refractivity contribution >= 4 is 23.7 Å². The van der Waals surface area contributed by atoms with Gasteiger partial charge in [0.15, 0.2) is 0 Å². The van der Waals surface area contributed by atoms with Crippen molar-refractivity contribution in [2.24, 2.45) is 11.7 Å². The van der Waals surface area contributed by atoms with Gasteiger partial charge in [-0.25, -0.2) is 4.79 Å². The highest BCUT2D eigenvalue weighted by Gasteiger charge is 2.30. The van der Waals surface area contributed by atoms with Crippen LogP contribution in [0.3, 0.4) is 0 Å². The number of carboxylic acids is 1. The maximum atomic E-state index is 13.4. The van der Waals surface area contributed by atoms with Crippen LogP contribution in [0.2, 0.25) is 0 Å². The molecule has 0 spiro atoms. The minimum atomic E-state index is -1.56. The van der Waals surface area contributed by atoms with Crippen LogP contribution >= 0.6 is 0 Å². The number of aliphatic hydroxyl groups is 1. The summed E-state index contributed by atoms with van der Waals surface area (Å²) in [6.07, 6.45) is 0.472. The Morgan fingerprint density at radius 2 is 1.24 bits per heavy atom. The fourth-order valence-corrected chi connectivity index (χ4v) is 3.76. The number of rotatable bonds is 14. The van der Waals surface area contributed by atoms with Gasteiger partial charge >= 0.3 is 5.97 Å². The molecule has 0 bridgehead atoms. The van der Waals surface area contributed by atoms with Crippen LogP contribution in [0.5, 0.6) is 5.75 Å². The summed E-state index contributed by atoms with van der Waals surface area (Å²) < 4.78 is 0. The molecule has 38 heavy (non-hydrogen) atoms. The van der Waals surface area contributed by atoms with Gasteiger partial charge in [0.05, 0.1) is 12.6 Å². The number of aromatic hydroxyl groups is 1. The average Bonchev–Trinajstić information content (AvgIpc) is 2.87. The van der Waals surface area contributed by atoms with Crippen molar-refractivity contribution in [1.82, 2.24) is 16.0 Å². The summed E-state index contributed by atoms with van der Waals surface area (Å²) in [7, 11) is 0. The predicted molar refractivity (Wildman–Crippen MR) is 140 cm³/mol. The van der Waals surface area contributed by atoms with Crippen LogP contribution in [0.1, 0.15) is 31.4 Å². The number of hydrogen-bond donors (Lipinski definition) is 7. The number of carbonyl (C=O) groups is 4. The molecule has 4 unspecified atom stereocenters. The lowest BCUT2D eigenvalue weighted by molar-refractivity contribution is -0.143. The molecule has 0 aliphatic rings. The number of aliphatic hydroxyl groups excluding tert-OH is 1. The van der Waals surface area contributed by atoms with Crippen LogP contribution in [-0.4, -0.2) is 69.8 Å². The number of aliphatic carboxylic acids is 1. The maximum absolute atomic E-state index is 13.4. The summed E-state index contributed by atoms with van der Waals surface area (Å²) >= 11 is 0. The molecule has 2 aromatic rings. The van der Waals surface area contributed by atoms with E-state index in [0.717, 1.165) is 0 Å². The molecule has 11 nitrogen and oxygen atoms in total. The summed E-state index contributed by atoms with van der Waals surface area (Å²) in [4.78, 5) is 50.5. The first kappa shape index (κ1) is 30.3. The lowest BCUT2D eigenvalue weighted by Crippen LogP contribution is -2.58. The third-order valence-corrected chi connectivity index (χ3v) is 5.78. The smallest absolute Gasteiger partial charge is 0.328 e. The first-order valence-corrected chi connectivity index (χ1v) is 12.3. The van der Waals surface area contributed by atoms with Gasteiger partial charge in [0.25, 0.3) is 0 Å². The number of hydrogen-bond acceptors (Lipinski definition) is 7. The Morgan fingerprint density at radius 1 is 0.763 bits per heavy atom. The van der Waals surface area contributed by atoms with Crippen molar-refractivity contribution in [1.29, 1.82) is 0 Å². The van der Waals surface area contributed by atoms with E-state index in [1.165, 1.54) is 12.1 Å². The molecule has 11 heteroatoms. The normalized spacial score (nSPS) is 14.1. The van der Waals surface area contributed by atoms with E-state index < -0.39 is 54.5 Å². The molecule has 0 saturated heterocycles. The maximum Gasteiger partial charge on any atom is 0.328 e. The van der Waals surface area contributed by atoms with E-state index in [2.05, 4.69) is 16.0 Å². The standard InChI is InChI=1S/C27H36N4O7/c1-16(2)12-20(28)24(34)29-21(14-18-8-10-19(33)11-9-18)25(35)30-22(13-17-6-4-3-5-7-17)26(36)31-23(15-32)27(37)38/h3-11,16,20-23,32-33H,12-15,28H2,1-2H3,(H,29,34)(H,30,35)(H,31,36)(H,37,38). The van der Waals surface area contributed by atoms with Gasteiger partial charge in [-0.2, -0.15) is 0 Å². The van der Waals surface area contributed by atoms with Crippen LogP contribution < -0.4 is 21.7 Å². The highest BCUT2D eigenvalue weighted by molar-refractivity contribution is 5.94. The summed E-state index contributed by atoms with van der Waals surface area (Å²) in [5.74, 6) is -3.28. The van der Waals surface area contributed by atoms with Gasteiger partial charge in [-0.05, 0) is 35.6 Å². The van der Waals surface area contributed by atoms with Gasteiger partial charge < -0.3 is 37.0 Å². The van der Waals surface area contributed by atoms with Gasteiger partial charge in [0.1, 0.15) is 23.9 Å². The highest BCUT2D eigenvalue weighted by Crippen LogP contribution is 2.13. The van der Waals surface area contributed by atoms with E-state index in [-0.39, 0.29) is 24.5 Å². The fourth-order valence-electron chi connectivity index (χ4n) is 3.76. The molecule has 2 aromatic carbocycles. The van der Waals surface area contributed by atoms with Crippen LogP contribution in [0.15, 0.2) is 54.6 Å². The average molecular weight is 529 g/mol. The second-order valence-corrected chi connectivity index (χ2v) is 9.50. The minimum Gasteiger partial charge on any atom is -0.508 e. The zero-order valence-corrected chi connectivity index (χ0v) is 21.5. The third-order valence-electron chi connectivity index (χ3n) is 5.78. The molecule has 8 N–H and O–H groups in total. The van der Waals surface area contributed by atoms with Gasteiger partial charge in [0.2, 0.25) is 17.7 Å². The molecule has 0 saturated carbocycles. The van der Waals surface area contributed by atoms with Crippen LogP contribution in [0, 0.1) is 5.92 Å². The van der Waals surface area contributed by atoms with Gasteiger partial charge in [-0.1, -0.05) is 56.3 Å². The van der Waals surface area contributed by atoms with Gasteiger partial charge in [0, 0.05) is 12.8 Å². The van der Waals surface area contributed by atoms with Crippen molar-refractivity contribution in [2.75, 3.05) is 6.61 Å². The predicted octanol–water partition coefficient (Wildman–Crippen LogP) is 0.0821. The van der Waals surface area contributed by atoms with Crippen LogP contribution in [0.4, 0.5) is 0 Å². The number of amides is 3. The zero-order valence-electron chi connectivity index (χ0n) is 21.5. The number of carbonyl (C=O) groups excluding carboxylic acids is 3. The van der Waals surface area contributed by atoms with E-state index >= 15 is 0 Å². The number of nitrogens with one attached hydrogen (secondary N) is 3. The summed E-state index contributed by atoms with van der Waals surface area (Å²) in [6, 6.07) is 10.1.